The van der Waals surface area contributed by atoms with Crippen LogP contribution in [0.1, 0.15) is 6.92 Å². The van der Waals surface area contributed by atoms with Crippen molar-refractivity contribution in [2.75, 3.05) is 12.3 Å². The zero-order chi connectivity index (χ0) is 12.0. The molecule has 0 bridgehead atoms. The molecule has 5 heteroatoms. The van der Waals surface area contributed by atoms with E-state index in [1.807, 2.05) is 0 Å². The summed E-state index contributed by atoms with van der Waals surface area (Å²) < 4.78 is 12.6. The highest BCUT2D eigenvalue weighted by Gasteiger charge is 2.04. The van der Waals surface area contributed by atoms with Gasteiger partial charge in [-0.2, -0.15) is 0 Å². The predicted octanol–water partition coefficient (Wildman–Crippen LogP) is 1.41. The second-order valence-electron chi connectivity index (χ2n) is 3.40. The van der Waals surface area contributed by atoms with Crippen LogP contribution in [0.25, 0.3) is 0 Å². The van der Waals surface area contributed by atoms with Crippen molar-refractivity contribution in [3.8, 4) is 0 Å². The van der Waals surface area contributed by atoms with E-state index in [9.17, 15) is 9.18 Å². The van der Waals surface area contributed by atoms with Gasteiger partial charge in [-0.25, -0.2) is 4.39 Å². The lowest BCUT2D eigenvalue weighted by Gasteiger charge is -2.06. The van der Waals surface area contributed by atoms with Crippen LogP contribution >= 0.6 is 11.8 Å². The van der Waals surface area contributed by atoms with Crippen LogP contribution in [0.15, 0.2) is 29.2 Å². The van der Waals surface area contributed by atoms with Crippen LogP contribution < -0.4 is 5.32 Å². The maximum absolute atomic E-state index is 12.6. The van der Waals surface area contributed by atoms with E-state index in [2.05, 4.69) is 5.32 Å². The maximum Gasteiger partial charge on any atom is 0.230 e. The smallest absolute Gasteiger partial charge is 0.230 e. The fraction of sp³-hybridized carbons (Fsp3) is 0.364. The molecule has 0 heterocycles. The Morgan fingerprint density at radius 1 is 1.50 bits per heavy atom. The highest BCUT2D eigenvalue weighted by molar-refractivity contribution is 8.00. The van der Waals surface area contributed by atoms with Crippen LogP contribution in [0.3, 0.4) is 0 Å². The van der Waals surface area contributed by atoms with Crippen LogP contribution in [0, 0.1) is 5.82 Å². The second kappa shape index (κ2) is 6.50. The third-order valence-electron chi connectivity index (χ3n) is 1.78. The third-order valence-corrected chi connectivity index (χ3v) is 2.79. The molecule has 1 amide bonds. The van der Waals surface area contributed by atoms with Crippen molar-refractivity contribution >= 4 is 17.7 Å². The fourth-order valence-electron chi connectivity index (χ4n) is 0.992. The van der Waals surface area contributed by atoms with Crippen LogP contribution in [0.4, 0.5) is 4.39 Å². The summed E-state index contributed by atoms with van der Waals surface area (Å²) in [4.78, 5) is 12.1. The Labute approximate surface area is 98.1 Å². The molecule has 1 aromatic carbocycles. The first-order valence-electron chi connectivity index (χ1n) is 4.91. The lowest BCUT2D eigenvalue weighted by Crippen LogP contribution is -2.31. The molecule has 88 valence electrons. The number of halogens is 1. The molecule has 16 heavy (non-hydrogen) atoms. The van der Waals surface area contributed by atoms with Gasteiger partial charge in [0.2, 0.25) is 5.91 Å². The summed E-state index contributed by atoms with van der Waals surface area (Å²) in [6.07, 6.45) is -0.542. The molecule has 1 atom stereocenters. The zero-order valence-electron chi connectivity index (χ0n) is 8.94. The highest BCUT2D eigenvalue weighted by atomic mass is 32.2. The van der Waals surface area contributed by atoms with Gasteiger partial charge in [-0.15, -0.1) is 11.8 Å². The summed E-state index contributed by atoms with van der Waals surface area (Å²) >= 11 is 1.33. The second-order valence-corrected chi connectivity index (χ2v) is 4.44. The van der Waals surface area contributed by atoms with E-state index in [4.69, 9.17) is 5.11 Å². The zero-order valence-corrected chi connectivity index (χ0v) is 9.76. The summed E-state index contributed by atoms with van der Waals surface area (Å²) in [5.41, 5.74) is 0. The van der Waals surface area contributed by atoms with Gasteiger partial charge < -0.3 is 10.4 Å². The third kappa shape index (κ3) is 5.14. The Bertz CT molecular complexity index is 340. The Balaban J connectivity index is 2.29. The van der Waals surface area contributed by atoms with Crippen molar-refractivity contribution in [3.63, 3.8) is 0 Å². The fourth-order valence-corrected chi connectivity index (χ4v) is 1.72. The number of carbonyl (C=O) groups excluding carboxylic acids is 1. The number of hydrogen-bond donors (Lipinski definition) is 2. The largest absolute Gasteiger partial charge is 0.392 e. The van der Waals surface area contributed by atoms with Crippen molar-refractivity contribution in [2.45, 2.75) is 17.9 Å². The number of amides is 1. The quantitative estimate of drug-likeness (QED) is 0.769. The number of aliphatic hydroxyl groups is 1. The lowest BCUT2D eigenvalue weighted by atomic mass is 10.4. The number of nitrogens with one attached hydrogen (secondary N) is 1. The molecule has 0 spiro atoms. The van der Waals surface area contributed by atoms with Crippen LogP contribution in [-0.2, 0) is 4.79 Å². The summed E-state index contributed by atoms with van der Waals surface area (Å²) in [5, 5.41) is 11.5. The molecular weight excluding hydrogens is 229 g/mol. The molecule has 0 radical (unpaired) electrons. The molecule has 0 fully saturated rings. The van der Waals surface area contributed by atoms with E-state index in [-0.39, 0.29) is 24.0 Å². The van der Waals surface area contributed by atoms with Gasteiger partial charge in [-0.05, 0) is 31.2 Å². The molecule has 0 aliphatic carbocycles. The SMILES string of the molecule is CC(O)CNC(=O)CSc1ccc(F)cc1. The number of aliphatic hydroxyl groups excluding tert-OH is 1. The van der Waals surface area contributed by atoms with Crippen LogP contribution in [0.2, 0.25) is 0 Å². The average Bonchev–Trinajstić information content (AvgIpc) is 2.25. The van der Waals surface area contributed by atoms with Gasteiger partial charge >= 0.3 is 0 Å². The van der Waals surface area contributed by atoms with Gasteiger partial charge in [0.15, 0.2) is 0 Å². The Hall–Kier alpha value is -1.07. The van der Waals surface area contributed by atoms with Gasteiger partial charge in [0.05, 0.1) is 11.9 Å². The van der Waals surface area contributed by atoms with Crippen molar-refractivity contribution < 1.29 is 14.3 Å². The highest BCUT2D eigenvalue weighted by Crippen LogP contribution is 2.17. The first-order chi connectivity index (χ1) is 7.58. The van der Waals surface area contributed by atoms with E-state index < -0.39 is 6.10 Å². The number of rotatable bonds is 5. The minimum Gasteiger partial charge on any atom is -0.392 e. The summed E-state index contributed by atoms with van der Waals surface area (Å²) in [6, 6.07) is 5.97. The van der Waals surface area contributed by atoms with Crippen molar-refractivity contribution in [1.82, 2.24) is 5.32 Å². The molecule has 2 N–H and O–H groups in total. The number of carbonyl (C=O) groups is 1. The normalized spacial score (nSPS) is 12.2. The molecule has 3 nitrogen and oxygen atoms in total. The number of hydrogen-bond acceptors (Lipinski definition) is 3. The van der Waals surface area contributed by atoms with Crippen LogP contribution in [0.5, 0.6) is 0 Å². The minimum absolute atomic E-state index is 0.143. The standard InChI is InChI=1S/C11H14FNO2S/c1-8(14)6-13-11(15)7-16-10-4-2-9(12)3-5-10/h2-5,8,14H,6-7H2,1H3,(H,13,15). The van der Waals surface area contributed by atoms with E-state index in [0.29, 0.717) is 0 Å². The molecule has 0 aliphatic rings. The first-order valence-corrected chi connectivity index (χ1v) is 5.89. The lowest BCUT2D eigenvalue weighted by molar-refractivity contribution is -0.118. The molecule has 0 saturated heterocycles. The molecule has 0 aromatic heterocycles. The average molecular weight is 243 g/mol. The molecule has 0 aliphatic heterocycles. The van der Waals surface area contributed by atoms with Gasteiger partial charge in [0.25, 0.3) is 0 Å². The monoisotopic (exact) mass is 243 g/mol. The predicted molar refractivity (Wildman–Crippen MR) is 61.8 cm³/mol. The van der Waals surface area contributed by atoms with Crippen molar-refractivity contribution in [3.05, 3.63) is 30.1 Å². The number of thioether (sulfide) groups is 1. The summed E-state index contributed by atoms with van der Waals surface area (Å²) in [7, 11) is 0. The van der Waals surface area contributed by atoms with Gasteiger partial charge in [-0.3, -0.25) is 4.79 Å². The Kier molecular flexibility index (Phi) is 5.28. The summed E-state index contributed by atoms with van der Waals surface area (Å²) in [5.74, 6) is -0.170. The Morgan fingerprint density at radius 3 is 2.69 bits per heavy atom. The number of benzene rings is 1. The molecule has 1 aromatic rings. The van der Waals surface area contributed by atoms with E-state index in [1.54, 1.807) is 19.1 Å². The van der Waals surface area contributed by atoms with Gasteiger partial charge in [-0.1, -0.05) is 0 Å². The minimum atomic E-state index is -0.542. The molecule has 0 saturated carbocycles. The van der Waals surface area contributed by atoms with E-state index in [0.717, 1.165) is 4.90 Å². The molecular formula is C11H14FNO2S. The maximum atomic E-state index is 12.6. The molecule has 1 rings (SSSR count). The first kappa shape index (κ1) is 13.0. The van der Waals surface area contributed by atoms with Gasteiger partial charge in [0, 0.05) is 11.4 Å². The van der Waals surface area contributed by atoms with E-state index in [1.165, 1.54) is 23.9 Å². The van der Waals surface area contributed by atoms with Crippen molar-refractivity contribution in [1.29, 1.82) is 0 Å². The summed E-state index contributed by atoms with van der Waals surface area (Å²) in [6.45, 7) is 1.86. The molecule has 1 unspecified atom stereocenters. The Morgan fingerprint density at radius 2 is 2.12 bits per heavy atom. The van der Waals surface area contributed by atoms with Gasteiger partial charge in [0.1, 0.15) is 5.82 Å². The topological polar surface area (TPSA) is 49.3 Å². The van der Waals surface area contributed by atoms with Crippen LogP contribution in [-0.4, -0.2) is 29.4 Å². The van der Waals surface area contributed by atoms with Crippen molar-refractivity contribution in [2.24, 2.45) is 0 Å². The van der Waals surface area contributed by atoms with E-state index >= 15 is 0 Å².